The van der Waals surface area contributed by atoms with Crippen molar-refractivity contribution in [3.05, 3.63) is 35.9 Å². The van der Waals surface area contributed by atoms with Gasteiger partial charge in [0, 0.05) is 6.04 Å². The highest BCUT2D eigenvalue weighted by atomic mass is 35.5. The number of hydrogen-bond donors (Lipinski definition) is 1. The van der Waals surface area contributed by atoms with Crippen molar-refractivity contribution in [3.8, 4) is 0 Å². The van der Waals surface area contributed by atoms with Gasteiger partial charge >= 0.3 is 0 Å². The molecule has 1 aromatic rings. The molecular weight excluding hydrogens is 246 g/mol. The third-order valence-electron chi connectivity index (χ3n) is 4.63. The quantitative estimate of drug-likeness (QED) is 0.833. The maximum absolute atomic E-state index is 12.1. The van der Waals surface area contributed by atoms with Crippen LogP contribution in [0.15, 0.2) is 30.3 Å². The minimum absolute atomic E-state index is 0.105. The zero-order valence-corrected chi connectivity index (χ0v) is 12.1. The molecule has 1 unspecified atom stereocenters. The van der Waals surface area contributed by atoms with E-state index in [9.17, 15) is 4.79 Å². The molecule has 0 radical (unpaired) electrons. The van der Waals surface area contributed by atoms with E-state index in [2.05, 4.69) is 33.0 Å². The number of alkyl halides is 1. The molecule has 2 rings (SSSR count). The van der Waals surface area contributed by atoms with Crippen LogP contribution in [0.5, 0.6) is 0 Å². The highest BCUT2D eigenvalue weighted by molar-refractivity contribution is 6.30. The Hall–Kier alpha value is -1.02. The van der Waals surface area contributed by atoms with Crippen molar-refractivity contribution in [3.63, 3.8) is 0 Å². The second-order valence-electron chi connectivity index (χ2n) is 6.16. The molecule has 98 valence electrons. The molecule has 0 bridgehead atoms. The van der Waals surface area contributed by atoms with Gasteiger partial charge in [-0.25, -0.2) is 0 Å². The Balaban J connectivity index is 2.03. The van der Waals surface area contributed by atoms with Crippen LogP contribution in [0.25, 0.3) is 0 Å². The van der Waals surface area contributed by atoms with Gasteiger partial charge in [0.1, 0.15) is 5.38 Å². The van der Waals surface area contributed by atoms with E-state index >= 15 is 0 Å². The van der Waals surface area contributed by atoms with Gasteiger partial charge in [0.05, 0.1) is 0 Å². The van der Waals surface area contributed by atoms with Gasteiger partial charge < -0.3 is 5.32 Å². The number of halogens is 1. The van der Waals surface area contributed by atoms with E-state index in [1.54, 1.807) is 0 Å². The molecular formula is C15H20ClNO. The van der Waals surface area contributed by atoms with Crippen LogP contribution >= 0.6 is 11.6 Å². The van der Waals surface area contributed by atoms with Crippen molar-refractivity contribution in [2.24, 2.45) is 10.8 Å². The predicted molar refractivity (Wildman–Crippen MR) is 74.5 cm³/mol. The lowest BCUT2D eigenvalue weighted by Gasteiger charge is -2.12. The van der Waals surface area contributed by atoms with Gasteiger partial charge in [-0.05, 0) is 16.4 Å². The van der Waals surface area contributed by atoms with Gasteiger partial charge in [-0.1, -0.05) is 58.0 Å². The summed E-state index contributed by atoms with van der Waals surface area (Å²) in [5, 5.41) is 2.45. The normalized spacial score (nSPS) is 22.3. The van der Waals surface area contributed by atoms with Gasteiger partial charge in [-0.15, -0.1) is 11.6 Å². The summed E-state index contributed by atoms with van der Waals surface area (Å²) in [5.41, 5.74) is 1.11. The zero-order chi connectivity index (χ0) is 13.6. The molecule has 3 heteroatoms. The molecule has 0 spiro atoms. The van der Waals surface area contributed by atoms with E-state index in [1.165, 1.54) is 0 Å². The molecule has 18 heavy (non-hydrogen) atoms. The van der Waals surface area contributed by atoms with E-state index in [0.29, 0.717) is 0 Å². The molecule has 1 N–H and O–H groups in total. The first-order valence-electron chi connectivity index (χ1n) is 6.28. The first-order chi connectivity index (χ1) is 8.28. The number of nitrogens with one attached hydrogen (secondary N) is 1. The average molecular weight is 266 g/mol. The van der Waals surface area contributed by atoms with Crippen LogP contribution in [0.2, 0.25) is 0 Å². The second kappa shape index (κ2) is 4.27. The van der Waals surface area contributed by atoms with Crippen LogP contribution in [-0.2, 0) is 4.79 Å². The zero-order valence-electron chi connectivity index (χ0n) is 11.3. The highest BCUT2D eigenvalue weighted by Crippen LogP contribution is 2.62. The van der Waals surface area contributed by atoms with Crippen molar-refractivity contribution in [2.45, 2.75) is 39.1 Å². The van der Waals surface area contributed by atoms with Crippen molar-refractivity contribution >= 4 is 17.5 Å². The summed E-state index contributed by atoms with van der Waals surface area (Å²) in [4.78, 5) is 12.1. The van der Waals surface area contributed by atoms with E-state index in [4.69, 9.17) is 11.6 Å². The molecule has 1 aromatic carbocycles. The SMILES string of the molecule is CC1(C)C(NC(=O)C(Cl)c2ccccc2)C1(C)C. The number of carbonyl (C=O) groups excluding carboxylic acids is 1. The first kappa shape index (κ1) is 13.4. The van der Waals surface area contributed by atoms with E-state index in [0.717, 1.165) is 5.56 Å². The van der Waals surface area contributed by atoms with Crippen LogP contribution < -0.4 is 5.32 Å². The van der Waals surface area contributed by atoms with Crippen molar-refractivity contribution < 1.29 is 4.79 Å². The topological polar surface area (TPSA) is 29.1 Å². The summed E-state index contributed by atoms with van der Waals surface area (Å²) in [7, 11) is 0. The Morgan fingerprint density at radius 3 is 2.11 bits per heavy atom. The smallest absolute Gasteiger partial charge is 0.242 e. The third kappa shape index (κ3) is 2.03. The summed E-state index contributed by atoms with van der Waals surface area (Å²) in [6.07, 6.45) is 0. The van der Waals surface area contributed by atoms with Gasteiger partial charge in [0.15, 0.2) is 0 Å². The van der Waals surface area contributed by atoms with Gasteiger partial charge in [0.2, 0.25) is 5.91 Å². The fourth-order valence-electron chi connectivity index (χ4n) is 2.55. The number of benzene rings is 1. The number of carbonyl (C=O) groups is 1. The molecule has 2 nitrogen and oxygen atoms in total. The Labute approximate surface area is 114 Å². The van der Waals surface area contributed by atoms with E-state index in [1.807, 2.05) is 30.3 Å². The Bertz CT molecular complexity index is 439. The van der Waals surface area contributed by atoms with Crippen molar-refractivity contribution in [2.75, 3.05) is 0 Å². The lowest BCUT2D eigenvalue weighted by atomic mass is 10.0. The van der Waals surface area contributed by atoms with Crippen molar-refractivity contribution in [1.82, 2.24) is 5.32 Å². The van der Waals surface area contributed by atoms with E-state index < -0.39 is 5.38 Å². The lowest BCUT2D eigenvalue weighted by molar-refractivity contribution is -0.121. The molecule has 1 aliphatic carbocycles. The van der Waals surface area contributed by atoms with Crippen LogP contribution in [-0.4, -0.2) is 11.9 Å². The van der Waals surface area contributed by atoms with Gasteiger partial charge in [0.25, 0.3) is 0 Å². The van der Waals surface area contributed by atoms with Crippen LogP contribution in [0.1, 0.15) is 38.6 Å². The Morgan fingerprint density at radius 1 is 1.17 bits per heavy atom. The summed E-state index contributed by atoms with van der Waals surface area (Å²) in [6, 6.07) is 9.65. The third-order valence-corrected chi connectivity index (χ3v) is 5.08. The summed E-state index contributed by atoms with van der Waals surface area (Å²) in [5.74, 6) is -0.105. The molecule has 1 aliphatic rings. The highest BCUT2D eigenvalue weighted by Gasteiger charge is 2.65. The number of hydrogen-bond acceptors (Lipinski definition) is 1. The van der Waals surface area contributed by atoms with Crippen LogP contribution in [0.4, 0.5) is 0 Å². The summed E-state index contributed by atoms with van der Waals surface area (Å²) in [6.45, 7) is 8.68. The van der Waals surface area contributed by atoms with Gasteiger partial charge in [-0.2, -0.15) is 0 Å². The van der Waals surface area contributed by atoms with Crippen LogP contribution in [0, 0.1) is 10.8 Å². The summed E-state index contributed by atoms with van der Waals surface area (Å²) < 4.78 is 0. The second-order valence-corrected chi connectivity index (χ2v) is 6.59. The molecule has 1 saturated carbocycles. The Morgan fingerprint density at radius 2 is 1.67 bits per heavy atom. The molecule has 1 amide bonds. The maximum atomic E-state index is 12.1. The maximum Gasteiger partial charge on any atom is 0.242 e. The Kier molecular flexibility index (Phi) is 3.18. The molecule has 0 aliphatic heterocycles. The number of rotatable bonds is 3. The lowest BCUT2D eigenvalue weighted by Crippen LogP contribution is -2.32. The molecule has 1 atom stereocenters. The number of amides is 1. The monoisotopic (exact) mass is 265 g/mol. The fraction of sp³-hybridized carbons (Fsp3) is 0.533. The first-order valence-corrected chi connectivity index (χ1v) is 6.71. The molecule has 0 saturated heterocycles. The predicted octanol–water partition coefficient (Wildman–Crippen LogP) is 3.52. The van der Waals surface area contributed by atoms with E-state index in [-0.39, 0.29) is 22.8 Å². The average Bonchev–Trinajstić information content (AvgIpc) is 2.72. The molecule has 1 fully saturated rings. The minimum atomic E-state index is -0.613. The summed E-state index contributed by atoms with van der Waals surface area (Å²) >= 11 is 6.20. The largest absolute Gasteiger partial charge is 0.351 e. The molecule has 0 heterocycles. The minimum Gasteiger partial charge on any atom is -0.351 e. The fourth-order valence-corrected chi connectivity index (χ4v) is 2.75. The standard InChI is InChI=1S/C15H20ClNO/c1-14(2)13(15(14,3)4)17-12(18)11(16)10-8-6-5-7-9-10/h5-9,11,13H,1-4H3,(H,17,18). The van der Waals surface area contributed by atoms with Gasteiger partial charge in [-0.3, -0.25) is 4.79 Å². The van der Waals surface area contributed by atoms with Crippen molar-refractivity contribution in [1.29, 1.82) is 0 Å². The molecule has 0 aromatic heterocycles. The van der Waals surface area contributed by atoms with Crippen LogP contribution in [0.3, 0.4) is 0 Å².